The van der Waals surface area contributed by atoms with Crippen molar-refractivity contribution in [3.8, 4) is 5.75 Å². The van der Waals surface area contributed by atoms with Crippen LogP contribution in [0.2, 0.25) is 0 Å². The molecule has 0 fully saturated rings. The van der Waals surface area contributed by atoms with Crippen LogP contribution < -0.4 is 10.2 Å². The summed E-state index contributed by atoms with van der Waals surface area (Å²) in [7, 11) is 0. The number of carbonyl (C=O) groups excluding carboxylic acids is 1. The minimum absolute atomic E-state index is 0.0286. The molecule has 1 aromatic carbocycles. The fraction of sp³-hybridized carbons (Fsp3) is 0.294. The van der Waals surface area contributed by atoms with Gasteiger partial charge in [0.25, 0.3) is 5.91 Å². The molecule has 1 N–H and O–H groups in total. The number of halogens is 2. The second kappa shape index (κ2) is 9.23. The van der Waals surface area contributed by atoms with Crippen LogP contribution in [0, 0.1) is 13.8 Å². The summed E-state index contributed by atoms with van der Waals surface area (Å²) >= 11 is 1.21. The van der Waals surface area contributed by atoms with Crippen LogP contribution >= 0.6 is 11.8 Å². The van der Waals surface area contributed by atoms with E-state index in [0.29, 0.717) is 16.4 Å². The summed E-state index contributed by atoms with van der Waals surface area (Å²) < 4.78 is 28.9. The van der Waals surface area contributed by atoms with Crippen LogP contribution in [-0.2, 0) is 4.79 Å². The second-order valence-corrected chi connectivity index (χ2v) is 6.30. The van der Waals surface area contributed by atoms with Crippen LogP contribution in [0.15, 0.2) is 40.6 Å². The Balaban J connectivity index is 1.92. The molecule has 26 heavy (non-hydrogen) atoms. The lowest BCUT2D eigenvalue weighted by Gasteiger charge is -2.07. The van der Waals surface area contributed by atoms with E-state index in [9.17, 15) is 13.6 Å². The minimum atomic E-state index is -2.90. The van der Waals surface area contributed by atoms with Gasteiger partial charge in [0, 0.05) is 17.0 Å². The number of hydrazone groups is 1. The van der Waals surface area contributed by atoms with Crippen molar-refractivity contribution in [2.24, 2.45) is 5.10 Å². The molecule has 0 unspecified atom stereocenters. The van der Waals surface area contributed by atoms with Gasteiger partial charge in [-0.15, -0.1) is 0 Å². The van der Waals surface area contributed by atoms with E-state index in [1.165, 1.54) is 23.9 Å². The molecule has 1 heterocycles. The first-order chi connectivity index (χ1) is 12.3. The highest BCUT2D eigenvalue weighted by atomic mass is 32.2. The number of carbonyl (C=O) groups is 1. The molecule has 0 saturated heterocycles. The number of rotatable bonds is 7. The van der Waals surface area contributed by atoms with Gasteiger partial charge in [-0.25, -0.2) is 15.4 Å². The van der Waals surface area contributed by atoms with Crippen LogP contribution in [0.5, 0.6) is 5.75 Å². The Morgan fingerprint density at radius 3 is 2.62 bits per heavy atom. The third-order valence-corrected chi connectivity index (χ3v) is 3.97. The van der Waals surface area contributed by atoms with Gasteiger partial charge in [-0.05, 0) is 39.0 Å². The van der Waals surface area contributed by atoms with Crippen LogP contribution in [0.1, 0.15) is 23.9 Å². The summed E-state index contributed by atoms with van der Waals surface area (Å²) in [6, 6.07) is 7.95. The molecule has 138 valence electrons. The van der Waals surface area contributed by atoms with Crippen LogP contribution in [0.25, 0.3) is 0 Å². The van der Waals surface area contributed by atoms with E-state index in [1.807, 2.05) is 19.9 Å². The normalized spacial score (nSPS) is 11.5. The molecule has 6 nitrogen and oxygen atoms in total. The van der Waals surface area contributed by atoms with Gasteiger partial charge in [-0.2, -0.15) is 13.9 Å². The Kier molecular flexibility index (Phi) is 7.02. The highest BCUT2D eigenvalue weighted by Crippen LogP contribution is 2.17. The third kappa shape index (κ3) is 6.40. The minimum Gasteiger partial charge on any atom is -0.435 e. The molecule has 1 aromatic heterocycles. The average Bonchev–Trinajstić information content (AvgIpc) is 2.56. The van der Waals surface area contributed by atoms with Gasteiger partial charge in [0.15, 0.2) is 5.16 Å². The predicted molar refractivity (Wildman–Crippen MR) is 95.7 cm³/mol. The molecule has 0 saturated carbocycles. The maximum absolute atomic E-state index is 12.3. The topological polar surface area (TPSA) is 76.5 Å². The third-order valence-electron chi connectivity index (χ3n) is 3.12. The van der Waals surface area contributed by atoms with E-state index in [-0.39, 0.29) is 17.4 Å². The summed E-state index contributed by atoms with van der Waals surface area (Å²) in [4.78, 5) is 20.4. The van der Waals surface area contributed by atoms with E-state index < -0.39 is 6.61 Å². The molecule has 0 bridgehead atoms. The first kappa shape index (κ1) is 19.8. The van der Waals surface area contributed by atoms with Crippen molar-refractivity contribution in [1.82, 2.24) is 15.4 Å². The molecule has 0 radical (unpaired) electrons. The number of amides is 1. The maximum atomic E-state index is 12.3. The fourth-order valence-corrected chi connectivity index (χ4v) is 2.77. The molecule has 0 spiro atoms. The Bertz CT molecular complexity index is 795. The van der Waals surface area contributed by atoms with Crippen molar-refractivity contribution in [3.05, 3.63) is 47.3 Å². The van der Waals surface area contributed by atoms with Crippen molar-refractivity contribution in [2.75, 3.05) is 5.75 Å². The van der Waals surface area contributed by atoms with Crippen LogP contribution in [0.4, 0.5) is 8.78 Å². The molecular weight excluding hydrogens is 362 g/mol. The summed E-state index contributed by atoms with van der Waals surface area (Å²) in [5.41, 5.74) is 5.12. The fourth-order valence-electron chi connectivity index (χ4n) is 2.03. The van der Waals surface area contributed by atoms with E-state index >= 15 is 0 Å². The van der Waals surface area contributed by atoms with Gasteiger partial charge in [0.05, 0.1) is 11.5 Å². The Morgan fingerprint density at radius 2 is 1.96 bits per heavy atom. The zero-order chi connectivity index (χ0) is 19.1. The molecule has 0 aliphatic rings. The standard InChI is InChI=1S/C17H18F2N4O2S/c1-10-7-11(2)21-17(20-10)26-9-15(24)23-22-12(3)13-5-4-6-14(8-13)25-16(18)19/h4-8,16H,9H2,1-3H3,(H,23,24)/b22-12+. The number of hydrogen-bond acceptors (Lipinski definition) is 6. The zero-order valence-corrected chi connectivity index (χ0v) is 15.3. The number of ether oxygens (including phenoxy) is 1. The van der Waals surface area contributed by atoms with Crippen molar-refractivity contribution in [1.29, 1.82) is 0 Å². The van der Waals surface area contributed by atoms with Gasteiger partial charge in [0.1, 0.15) is 5.75 Å². The number of aryl methyl sites for hydroxylation is 2. The lowest BCUT2D eigenvalue weighted by Crippen LogP contribution is -2.21. The number of thioether (sulfide) groups is 1. The number of aromatic nitrogens is 2. The van der Waals surface area contributed by atoms with E-state index in [4.69, 9.17) is 0 Å². The first-order valence-electron chi connectivity index (χ1n) is 7.67. The molecule has 2 rings (SSSR count). The van der Waals surface area contributed by atoms with Gasteiger partial charge in [0.2, 0.25) is 0 Å². The molecule has 2 aromatic rings. The van der Waals surface area contributed by atoms with Gasteiger partial charge in [-0.1, -0.05) is 23.9 Å². The van der Waals surface area contributed by atoms with E-state index in [0.717, 1.165) is 11.4 Å². The second-order valence-electron chi connectivity index (χ2n) is 5.36. The van der Waals surface area contributed by atoms with Gasteiger partial charge >= 0.3 is 6.61 Å². The van der Waals surface area contributed by atoms with Crippen molar-refractivity contribution in [3.63, 3.8) is 0 Å². The summed E-state index contributed by atoms with van der Waals surface area (Å²) in [6.07, 6.45) is 0. The number of hydrogen-bond donors (Lipinski definition) is 1. The quantitative estimate of drug-likeness (QED) is 0.345. The highest BCUT2D eigenvalue weighted by molar-refractivity contribution is 7.99. The van der Waals surface area contributed by atoms with E-state index in [2.05, 4.69) is 25.2 Å². The lowest BCUT2D eigenvalue weighted by molar-refractivity contribution is -0.118. The zero-order valence-electron chi connectivity index (χ0n) is 14.5. The summed E-state index contributed by atoms with van der Waals surface area (Å²) in [5.74, 6) is -0.188. The molecule has 0 atom stereocenters. The molecular formula is C17H18F2N4O2S. The Morgan fingerprint density at radius 1 is 1.27 bits per heavy atom. The number of nitrogens with one attached hydrogen (secondary N) is 1. The average molecular weight is 380 g/mol. The van der Waals surface area contributed by atoms with Crippen LogP contribution in [0.3, 0.4) is 0 Å². The SMILES string of the molecule is C/C(=N\NC(=O)CSc1nc(C)cc(C)n1)c1cccc(OC(F)F)c1. The van der Waals surface area contributed by atoms with E-state index in [1.54, 1.807) is 19.1 Å². The predicted octanol–water partition coefficient (Wildman–Crippen LogP) is 3.33. The Hall–Kier alpha value is -2.55. The smallest absolute Gasteiger partial charge is 0.387 e. The van der Waals surface area contributed by atoms with Gasteiger partial charge < -0.3 is 4.74 Å². The number of nitrogens with zero attached hydrogens (tertiary/aromatic N) is 3. The van der Waals surface area contributed by atoms with Gasteiger partial charge in [-0.3, -0.25) is 4.79 Å². The maximum Gasteiger partial charge on any atom is 0.387 e. The molecule has 1 amide bonds. The first-order valence-corrected chi connectivity index (χ1v) is 8.65. The molecule has 0 aliphatic heterocycles. The van der Waals surface area contributed by atoms with Crippen molar-refractivity contribution < 1.29 is 18.3 Å². The summed E-state index contributed by atoms with van der Waals surface area (Å²) in [5, 5.41) is 4.51. The van der Waals surface area contributed by atoms with Crippen molar-refractivity contribution in [2.45, 2.75) is 32.5 Å². The Labute approximate surface area is 154 Å². The van der Waals surface area contributed by atoms with Crippen molar-refractivity contribution >= 4 is 23.4 Å². The number of benzene rings is 1. The molecule has 9 heteroatoms. The molecule has 0 aliphatic carbocycles. The number of alkyl halides is 2. The lowest BCUT2D eigenvalue weighted by atomic mass is 10.1. The highest BCUT2D eigenvalue weighted by Gasteiger charge is 2.08. The monoisotopic (exact) mass is 380 g/mol. The largest absolute Gasteiger partial charge is 0.435 e. The summed E-state index contributed by atoms with van der Waals surface area (Å²) in [6.45, 7) is 2.48. The van der Waals surface area contributed by atoms with Crippen LogP contribution in [-0.4, -0.2) is 34.0 Å².